The first-order valence-electron chi connectivity index (χ1n) is 6.19. The van der Waals surface area contributed by atoms with Crippen LogP contribution in [0.4, 0.5) is 5.69 Å². The average Bonchev–Trinajstić information content (AvgIpc) is 2.38. The predicted molar refractivity (Wildman–Crippen MR) is 76.8 cm³/mol. The molecule has 1 aromatic heterocycles. The van der Waals surface area contributed by atoms with Crippen molar-refractivity contribution in [2.45, 2.75) is 13.1 Å². The van der Waals surface area contributed by atoms with Crippen LogP contribution in [0.15, 0.2) is 42.6 Å². The summed E-state index contributed by atoms with van der Waals surface area (Å²) < 4.78 is 5.22. The van der Waals surface area contributed by atoms with Crippen LogP contribution < -0.4 is 10.5 Å². The Morgan fingerprint density at radius 2 is 2.05 bits per heavy atom. The summed E-state index contributed by atoms with van der Waals surface area (Å²) in [4.78, 5) is 6.50. The minimum absolute atomic E-state index is 0.750. The molecule has 0 saturated heterocycles. The normalized spacial score (nSPS) is 10.7. The minimum Gasteiger partial charge on any atom is -0.497 e. The van der Waals surface area contributed by atoms with Gasteiger partial charge in [-0.25, -0.2) is 0 Å². The quantitative estimate of drug-likeness (QED) is 0.893. The maximum atomic E-state index is 5.75. The number of rotatable bonds is 5. The van der Waals surface area contributed by atoms with E-state index in [1.54, 1.807) is 19.4 Å². The summed E-state index contributed by atoms with van der Waals surface area (Å²) in [5.41, 5.74) is 8.69. The Kier molecular flexibility index (Phi) is 4.36. The molecule has 2 N–H and O–H groups in total. The van der Waals surface area contributed by atoms with Gasteiger partial charge >= 0.3 is 0 Å². The highest BCUT2D eigenvalue weighted by atomic mass is 16.5. The number of nitrogens with zero attached hydrogens (tertiary/aromatic N) is 2. The number of anilines is 1. The van der Waals surface area contributed by atoms with Crippen molar-refractivity contribution in [1.82, 2.24) is 9.88 Å². The Morgan fingerprint density at radius 3 is 2.79 bits per heavy atom. The predicted octanol–water partition coefficient (Wildman–Crippen LogP) is 2.30. The van der Waals surface area contributed by atoms with Gasteiger partial charge in [-0.2, -0.15) is 0 Å². The van der Waals surface area contributed by atoms with Crippen LogP contribution in [0.2, 0.25) is 0 Å². The fourth-order valence-electron chi connectivity index (χ4n) is 2.00. The fourth-order valence-corrected chi connectivity index (χ4v) is 2.00. The van der Waals surface area contributed by atoms with E-state index in [1.807, 2.05) is 24.3 Å². The summed E-state index contributed by atoms with van der Waals surface area (Å²) in [7, 11) is 3.74. The van der Waals surface area contributed by atoms with Gasteiger partial charge in [0.1, 0.15) is 5.75 Å². The Balaban J connectivity index is 1.98. The molecular weight excluding hydrogens is 238 g/mol. The van der Waals surface area contributed by atoms with E-state index in [-0.39, 0.29) is 0 Å². The lowest BCUT2D eigenvalue weighted by Gasteiger charge is -2.16. The molecule has 4 heteroatoms. The van der Waals surface area contributed by atoms with Crippen molar-refractivity contribution in [3.05, 3.63) is 53.9 Å². The first kappa shape index (κ1) is 13.4. The van der Waals surface area contributed by atoms with Crippen molar-refractivity contribution in [3.8, 4) is 5.75 Å². The van der Waals surface area contributed by atoms with Gasteiger partial charge in [0.25, 0.3) is 0 Å². The summed E-state index contributed by atoms with van der Waals surface area (Å²) in [6, 6.07) is 11.8. The molecule has 0 saturated carbocycles. The van der Waals surface area contributed by atoms with E-state index in [9.17, 15) is 0 Å². The summed E-state index contributed by atoms with van der Waals surface area (Å²) in [5.74, 6) is 0.882. The van der Waals surface area contributed by atoms with Crippen molar-refractivity contribution in [2.75, 3.05) is 19.9 Å². The largest absolute Gasteiger partial charge is 0.497 e. The van der Waals surface area contributed by atoms with Crippen LogP contribution in [-0.4, -0.2) is 24.0 Å². The molecule has 1 heterocycles. The summed E-state index contributed by atoms with van der Waals surface area (Å²) in [5, 5.41) is 0. The monoisotopic (exact) mass is 257 g/mol. The molecule has 0 atom stereocenters. The van der Waals surface area contributed by atoms with Crippen LogP contribution in [0.25, 0.3) is 0 Å². The van der Waals surface area contributed by atoms with Gasteiger partial charge in [0, 0.05) is 25.0 Å². The zero-order valence-electron chi connectivity index (χ0n) is 11.3. The van der Waals surface area contributed by atoms with Gasteiger partial charge in [-0.3, -0.25) is 9.88 Å². The molecular formula is C15H19N3O. The molecule has 2 rings (SSSR count). The van der Waals surface area contributed by atoms with E-state index in [0.29, 0.717) is 0 Å². The Labute approximate surface area is 113 Å². The van der Waals surface area contributed by atoms with Crippen LogP contribution in [-0.2, 0) is 13.1 Å². The second kappa shape index (κ2) is 6.20. The van der Waals surface area contributed by atoms with Gasteiger partial charge in [-0.05, 0) is 36.9 Å². The van der Waals surface area contributed by atoms with Gasteiger partial charge in [-0.15, -0.1) is 0 Å². The Hall–Kier alpha value is -2.07. The number of pyridine rings is 1. The van der Waals surface area contributed by atoms with Gasteiger partial charge < -0.3 is 10.5 Å². The van der Waals surface area contributed by atoms with Gasteiger partial charge in [0.15, 0.2) is 0 Å². The van der Waals surface area contributed by atoms with Crippen molar-refractivity contribution in [2.24, 2.45) is 0 Å². The first-order valence-corrected chi connectivity index (χ1v) is 6.19. The van der Waals surface area contributed by atoms with Crippen LogP contribution in [0.5, 0.6) is 5.75 Å². The number of hydrogen-bond donors (Lipinski definition) is 1. The molecule has 1 aromatic carbocycles. The zero-order valence-corrected chi connectivity index (χ0v) is 11.3. The SMILES string of the molecule is COc1cccc(CN(C)Cc2cc(N)ccn2)c1. The maximum absolute atomic E-state index is 5.75. The number of aromatic nitrogens is 1. The maximum Gasteiger partial charge on any atom is 0.119 e. The molecule has 0 aliphatic rings. The molecule has 0 aliphatic heterocycles. The number of nitrogen functional groups attached to an aromatic ring is 1. The van der Waals surface area contributed by atoms with Crippen molar-refractivity contribution in [1.29, 1.82) is 0 Å². The van der Waals surface area contributed by atoms with E-state index in [2.05, 4.69) is 23.0 Å². The van der Waals surface area contributed by atoms with Gasteiger partial charge in [0.05, 0.1) is 12.8 Å². The van der Waals surface area contributed by atoms with Gasteiger partial charge in [-0.1, -0.05) is 12.1 Å². The van der Waals surface area contributed by atoms with Crippen LogP contribution >= 0.6 is 0 Å². The topological polar surface area (TPSA) is 51.4 Å². The number of hydrogen-bond acceptors (Lipinski definition) is 4. The van der Waals surface area contributed by atoms with Crippen molar-refractivity contribution < 1.29 is 4.74 Å². The number of methoxy groups -OCH3 is 1. The second-order valence-corrected chi connectivity index (χ2v) is 4.60. The summed E-state index contributed by atoms with van der Waals surface area (Å²) >= 11 is 0. The van der Waals surface area contributed by atoms with Crippen LogP contribution in [0.1, 0.15) is 11.3 Å². The molecule has 0 aliphatic carbocycles. The number of ether oxygens (including phenoxy) is 1. The summed E-state index contributed by atoms with van der Waals surface area (Å²) in [6.45, 7) is 1.61. The summed E-state index contributed by atoms with van der Waals surface area (Å²) in [6.07, 6.45) is 1.74. The third-order valence-corrected chi connectivity index (χ3v) is 2.86. The van der Waals surface area contributed by atoms with Crippen molar-refractivity contribution in [3.63, 3.8) is 0 Å². The lowest BCUT2D eigenvalue weighted by molar-refractivity contribution is 0.314. The molecule has 0 spiro atoms. The smallest absolute Gasteiger partial charge is 0.119 e. The van der Waals surface area contributed by atoms with Gasteiger partial charge in [0.2, 0.25) is 0 Å². The zero-order chi connectivity index (χ0) is 13.7. The number of benzene rings is 1. The molecule has 0 bridgehead atoms. The molecule has 0 amide bonds. The fraction of sp³-hybridized carbons (Fsp3) is 0.267. The van der Waals surface area contributed by atoms with E-state index < -0.39 is 0 Å². The third kappa shape index (κ3) is 3.96. The molecule has 4 nitrogen and oxygen atoms in total. The molecule has 2 aromatic rings. The highest BCUT2D eigenvalue weighted by Gasteiger charge is 2.04. The van der Waals surface area contributed by atoms with E-state index in [4.69, 9.17) is 10.5 Å². The first-order chi connectivity index (χ1) is 9.17. The molecule has 0 fully saturated rings. The average molecular weight is 257 g/mol. The minimum atomic E-state index is 0.750. The number of nitrogens with two attached hydrogens (primary N) is 1. The molecule has 19 heavy (non-hydrogen) atoms. The Morgan fingerprint density at radius 1 is 1.21 bits per heavy atom. The van der Waals surface area contributed by atoms with Crippen LogP contribution in [0, 0.1) is 0 Å². The lowest BCUT2D eigenvalue weighted by atomic mass is 10.2. The molecule has 0 radical (unpaired) electrons. The van der Waals surface area contributed by atoms with E-state index in [1.165, 1.54) is 5.56 Å². The Bertz CT molecular complexity index is 542. The highest BCUT2D eigenvalue weighted by molar-refractivity contribution is 5.37. The second-order valence-electron chi connectivity index (χ2n) is 4.60. The highest BCUT2D eigenvalue weighted by Crippen LogP contribution is 2.15. The van der Waals surface area contributed by atoms with Crippen molar-refractivity contribution >= 4 is 5.69 Å². The molecule has 100 valence electrons. The van der Waals surface area contributed by atoms with E-state index >= 15 is 0 Å². The van der Waals surface area contributed by atoms with E-state index in [0.717, 1.165) is 30.2 Å². The molecule has 0 unspecified atom stereocenters. The van der Waals surface area contributed by atoms with Crippen LogP contribution in [0.3, 0.4) is 0 Å². The third-order valence-electron chi connectivity index (χ3n) is 2.86. The standard InChI is InChI=1S/C15H19N3O/c1-18(11-14-9-13(16)6-7-17-14)10-12-4-3-5-15(8-12)19-2/h3-9H,10-11H2,1-2H3,(H2,16,17). The lowest BCUT2D eigenvalue weighted by Crippen LogP contribution is -2.18.